The summed E-state index contributed by atoms with van der Waals surface area (Å²) in [5.74, 6) is 0. The number of rotatable bonds is 4. The largest absolute Gasteiger partial charge is 0.599 e. The standard InChI is InChI=1S/C4H10N2O4/c5-6(10)4(1-7,2-8)3-9/h5,7-9H,1-3H2. The van der Waals surface area contributed by atoms with Crippen LogP contribution in [-0.4, -0.2) is 45.5 Å². The van der Waals surface area contributed by atoms with Crippen molar-refractivity contribution in [2.45, 2.75) is 5.54 Å². The van der Waals surface area contributed by atoms with E-state index in [1.807, 2.05) is 0 Å². The van der Waals surface area contributed by atoms with Crippen molar-refractivity contribution in [1.29, 1.82) is 5.53 Å². The van der Waals surface area contributed by atoms with Gasteiger partial charge >= 0.3 is 0 Å². The zero-order valence-electron chi connectivity index (χ0n) is 5.32. The van der Waals surface area contributed by atoms with Crippen LogP contribution in [0.25, 0.3) is 0 Å². The minimum Gasteiger partial charge on any atom is -0.599 e. The predicted octanol–water partition coefficient (Wildman–Crippen LogP) is -1.76. The van der Waals surface area contributed by atoms with E-state index < -0.39 is 30.2 Å². The molecule has 0 rings (SSSR count). The fraction of sp³-hybridized carbons (Fsp3) is 1.00. The summed E-state index contributed by atoms with van der Waals surface area (Å²) in [5, 5.41) is 35.7. The number of hydrogen-bond donors (Lipinski definition) is 4. The maximum atomic E-state index is 10.3. The molecule has 0 unspecified atom stereocenters. The molecule has 0 spiro atoms. The summed E-state index contributed by atoms with van der Waals surface area (Å²) in [5.41, 5.74) is 4.72. The van der Waals surface area contributed by atoms with E-state index in [2.05, 4.69) is 0 Å². The highest BCUT2D eigenvalue weighted by Gasteiger charge is 2.38. The maximum absolute atomic E-state index is 10.3. The lowest BCUT2D eigenvalue weighted by Crippen LogP contribution is -2.49. The molecular formula is C4H10N2O4. The fourth-order valence-corrected chi connectivity index (χ4v) is 0.343. The van der Waals surface area contributed by atoms with E-state index in [4.69, 9.17) is 20.9 Å². The van der Waals surface area contributed by atoms with Crippen LogP contribution in [0, 0.1) is 10.7 Å². The molecule has 0 radical (unpaired) electrons. The van der Waals surface area contributed by atoms with Crippen LogP contribution in [0.5, 0.6) is 0 Å². The minimum atomic E-state index is -1.76. The van der Waals surface area contributed by atoms with Gasteiger partial charge in [0.05, 0.1) is 0 Å². The third kappa shape index (κ3) is 1.41. The third-order valence-corrected chi connectivity index (χ3v) is 1.31. The average molecular weight is 150 g/mol. The Hall–Kier alpha value is -0.720. The van der Waals surface area contributed by atoms with E-state index in [9.17, 15) is 5.21 Å². The molecule has 0 heterocycles. The Balaban J connectivity index is 4.31. The molecule has 0 bridgehead atoms. The van der Waals surface area contributed by atoms with E-state index in [1.165, 1.54) is 0 Å². The van der Waals surface area contributed by atoms with Gasteiger partial charge in [-0.25, -0.2) is 0 Å². The van der Waals surface area contributed by atoms with Crippen molar-refractivity contribution >= 4 is 0 Å². The Morgan fingerprint density at radius 2 is 1.50 bits per heavy atom. The summed E-state index contributed by atoms with van der Waals surface area (Å²) in [6, 6.07) is 0. The summed E-state index contributed by atoms with van der Waals surface area (Å²) >= 11 is 0. The van der Waals surface area contributed by atoms with Gasteiger partial charge in [0.1, 0.15) is 19.8 Å². The highest BCUT2D eigenvalue weighted by atomic mass is 16.5. The molecule has 0 aliphatic carbocycles. The molecule has 6 nitrogen and oxygen atoms in total. The monoisotopic (exact) mass is 150 g/mol. The van der Waals surface area contributed by atoms with Gasteiger partial charge in [0.25, 0.3) is 5.54 Å². The zero-order valence-corrected chi connectivity index (χ0v) is 5.32. The van der Waals surface area contributed by atoms with Gasteiger partial charge in [-0.15, -0.1) is 0 Å². The molecule has 10 heavy (non-hydrogen) atoms. The smallest absolute Gasteiger partial charge is 0.266 e. The number of nitrogens with one attached hydrogen (secondary N) is 1. The average Bonchev–Trinajstić information content (AvgIpc) is 1.92. The second kappa shape index (κ2) is 3.45. The Labute approximate surface area is 57.4 Å². The van der Waals surface area contributed by atoms with E-state index in [0.717, 1.165) is 0 Å². The molecule has 0 atom stereocenters. The molecule has 0 fully saturated rings. The maximum Gasteiger partial charge on any atom is 0.266 e. The van der Waals surface area contributed by atoms with E-state index >= 15 is 0 Å². The van der Waals surface area contributed by atoms with Gasteiger partial charge in [-0.2, -0.15) is 0 Å². The third-order valence-electron chi connectivity index (χ3n) is 1.31. The van der Waals surface area contributed by atoms with Crippen molar-refractivity contribution in [3.63, 3.8) is 0 Å². The Morgan fingerprint density at radius 1 is 1.20 bits per heavy atom. The second-order valence-corrected chi connectivity index (χ2v) is 1.99. The topological polar surface area (TPSA) is 111 Å². The van der Waals surface area contributed by atoms with Crippen LogP contribution in [0.4, 0.5) is 0 Å². The SMILES string of the molecule is N=[N+]([O-])C(CO)(CO)CO. The van der Waals surface area contributed by atoms with Crippen LogP contribution in [-0.2, 0) is 0 Å². The highest BCUT2D eigenvalue weighted by Crippen LogP contribution is 2.05. The predicted molar refractivity (Wildman–Crippen MR) is 30.3 cm³/mol. The van der Waals surface area contributed by atoms with Gasteiger partial charge in [-0.3, -0.25) is 0 Å². The van der Waals surface area contributed by atoms with Crippen molar-refractivity contribution in [1.82, 2.24) is 0 Å². The summed E-state index contributed by atoms with van der Waals surface area (Å²) in [4.78, 5) is -0.396. The van der Waals surface area contributed by atoms with E-state index in [0.29, 0.717) is 0 Å². The van der Waals surface area contributed by atoms with Crippen molar-refractivity contribution in [2.24, 2.45) is 0 Å². The molecule has 0 aromatic carbocycles. The number of aliphatic hydroxyl groups is 3. The first-order chi connectivity index (χ1) is 4.63. The highest BCUT2D eigenvalue weighted by molar-refractivity contribution is 4.74. The first-order valence-corrected chi connectivity index (χ1v) is 2.64. The molecule has 4 N–H and O–H groups in total. The Bertz CT molecular complexity index is 114. The van der Waals surface area contributed by atoms with Crippen molar-refractivity contribution < 1.29 is 20.2 Å². The number of aliphatic hydroxyl groups excluding tert-OH is 3. The number of hydroxylamine groups is 1. The molecule has 0 aromatic heterocycles. The second-order valence-electron chi connectivity index (χ2n) is 1.99. The molecule has 0 aromatic rings. The van der Waals surface area contributed by atoms with E-state index in [1.54, 1.807) is 0 Å². The molecule has 0 aliphatic rings. The molecule has 0 aliphatic heterocycles. The summed E-state index contributed by atoms with van der Waals surface area (Å²) in [7, 11) is 0. The van der Waals surface area contributed by atoms with E-state index in [-0.39, 0.29) is 0 Å². The lowest BCUT2D eigenvalue weighted by atomic mass is 10.1. The van der Waals surface area contributed by atoms with Gasteiger partial charge in [0.2, 0.25) is 0 Å². The lowest BCUT2D eigenvalue weighted by Gasteiger charge is -2.21. The zero-order chi connectivity index (χ0) is 8.20. The van der Waals surface area contributed by atoms with Crippen LogP contribution < -0.4 is 0 Å². The van der Waals surface area contributed by atoms with Gasteiger partial charge in [-0.05, 0) is 5.53 Å². The molecule has 0 saturated carbocycles. The van der Waals surface area contributed by atoms with Crippen molar-refractivity contribution in [3.05, 3.63) is 5.21 Å². The summed E-state index contributed by atoms with van der Waals surface area (Å²) < 4.78 is 0. The molecular weight excluding hydrogens is 140 g/mol. The molecule has 60 valence electrons. The first kappa shape index (κ1) is 9.28. The van der Waals surface area contributed by atoms with Gasteiger partial charge in [0.15, 0.2) is 0 Å². The minimum absolute atomic E-state index is 0.396. The van der Waals surface area contributed by atoms with Crippen LogP contribution in [0.3, 0.4) is 0 Å². The summed E-state index contributed by atoms with van der Waals surface area (Å²) in [6.45, 7) is -2.23. The Kier molecular flexibility index (Phi) is 3.20. The van der Waals surface area contributed by atoms with Crippen LogP contribution >= 0.6 is 0 Å². The normalized spacial score (nSPS) is 11.5. The summed E-state index contributed by atoms with van der Waals surface area (Å²) in [6.07, 6.45) is 0. The Morgan fingerprint density at radius 3 is 1.50 bits per heavy atom. The van der Waals surface area contributed by atoms with Crippen LogP contribution in [0.1, 0.15) is 0 Å². The van der Waals surface area contributed by atoms with Gasteiger partial charge in [-0.1, -0.05) is 4.86 Å². The number of nitrogens with zero attached hydrogens (tertiary/aromatic N) is 1. The van der Waals surface area contributed by atoms with Crippen molar-refractivity contribution in [2.75, 3.05) is 19.8 Å². The molecule has 6 heteroatoms. The van der Waals surface area contributed by atoms with Crippen LogP contribution in [0.2, 0.25) is 0 Å². The van der Waals surface area contributed by atoms with Gasteiger partial charge in [0, 0.05) is 0 Å². The molecule has 0 saturated heterocycles. The fourth-order valence-electron chi connectivity index (χ4n) is 0.343. The first-order valence-electron chi connectivity index (χ1n) is 2.64. The lowest BCUT2D eigenvalue weighted by molar-refractivity contribution is -0.639. The van der Waals surface area contributed by atoms with Crippen molar-refractivity contribution in [3.8, 4) is 0 Å². The van der Waals surface area contributed by atoms with Crippen LogP contribution in [0.15, 0.2) is 0 Å². The molecule has 0 amide bonds. The quantitative estimate of drug-likeness (QED) is 0.216. The van der Waals surface area contributed by atoms with Gasteiger partial charge < -0.3 is 20.5 Å². The number of hydrogen-bond acceptors (Lipinski definition) is 5.